The Kier molecular flexibility index (Phi) is 8.25. The van der Waals surface area contributed by atoms with E-state index in [0.717, 1.165) is 38.5 Å². The van der Waals surface area contributed by atoms with Crippen LogP contribution in [-0.4, -0.2) is 11.1 Å². The fraction of sp³-hybridized carbons (Fsp3) is 0.944. The number of aliphatic carboxylic acids is 1. The summed E-state index contributed by atoms with van der Waals surface area (Å²) in [4.78, 5) is 11.7. The van der Waals surface area contributed by atoms with E-state index in [1.54, 1.807) is 0 Å². The third kappa shape index (κ3) is 5.46. The van der Waals surface area contributed by atoms with Gasteiger partial charge in [-0.1, -0.05) is 78.1 Å². The molecule has 20 heavy (non-hydrogen) atoms. The van der Waals surface area contributed by atoms with Crippen LogP contribution in [0.25, 0.3) is 0 Å². The molecule has 1 rings (SSSR count). The maximum absolute atomic E-state index is 11.7. The van der Waals surface area contributed by atoms with Crippen molar-refractivity contribution in [3.05, 3.63) is 0 Å². The summed E-state index contributed by atoms with van der Waals surface area (Å²) in [5.41, 5.74) is -0.387. The van der Waals surface area contributed by atoms with Gasteiger partial charge in [0.25, 0.3) is 0 Å². The molecule has 118 valence electrons. The van der Waals surface area contributed by atoms with Crippen LogP contribution >= 0.6 is 0 Å². The van der Waals surface area contributed by atoms with Gasteiger partial charge in [-0.2, -0.15) is 0 Å². The van der Waals surface area contributed by atoms with Crippen LogP contribution in [0.1, 0.15) is 97.3 Å². The van der Waals surface area contributed by atoms with E-state index in [1.165, 1.54) is 44.9 Å². The highest BCUT2D eigenvalue weighted by molar-refractivity contribution is 5.74. The molecule has 0 saturated heterocycles. The molecule has 2 heteroatoms. The first-order valence-corrected chi connectivity index (χ1v) is 8.88. The van der Waals surface area contributed by atoms with Gasteiger partial charge in [0.05, 0.1) is 5.41 Å². The Morgan fingerprint density at radius 2 is 1.75 bits per heavy atom. The van der Waals surface area contributed by atoms with Crippen molar-refractivity contribution in [2.45, 2.75) is 97.3 Å². The summed E-state index contributed by atoms with van der Waals surface area (Å²) in [6, 6.07) is 0. The molecule has 1 saturated carbocycles. The molecule has 1 N–H and O–H groups in total. The van der Waals surface area contributed by atoms with Crippen LogP contribution in [0.15, 0.2) is 0 Å². The predicted molar refractivity (Wildman–Crippen MR) is 84.9 cm³/mol. The fourth-order valence-corrected chi connectivity index (χ4v) is 3.78. The molecule has 0 aromatic rings. The van der Waals surface area contributed by atoms with Gasteiger partial charge in [0.15, 0.2) is 0 Å². The summed E-state index contributed by atoms with van der Waals surface area (Å²) < 4.78 is 0. The minimum absolute atomic E-state index is 0.387. The van der Waals surface area contributed by atoms with Crippen molar-refractivity contribution in [2.24, 2.45) is 11.3 Å². The number of unbranched alkanes of at least 4 members (excludes halogenated alkanes) is 6. The second kappa shape index (κ2) is 9.41. The molecule has 1 fully saturated rings. The Hall–Kier alpha value is -0.530. The first-order chi connectivity index (χ1) is 9.64. The topological polar surface area (TPSA) is 37.3 Å². The van der Waals surface area contributed by atoms with Crippen molar-refractivity contribution in [1.29, 1.82) is 0 Å². The summed E-state index contributed by atoms with van der Waals surface area (Å²) in [7, 11) is 0. The van der Waals surface area contributed by atoms with Gasteiger partial charge < -0.3 is 5.11 Å². The van der Waals surface area contributed by atoms with Crippen LogP contribution in [0.5, 0.6) is 0 Å². The lowest BCUT2D eigenvalue weighted by Crippen LogP contribution is -2.36. The van der Waals surface area contributed by atoms with Crippen molar-refractivity contribution in [2.75, 3.05) is 0 Å². The highest BCUT2D eigenvalue weighted by atomic mass is 16.4. The van der Waals surface area contributed by atoms with Crippen molar-refractivity contribution in [3.8, 4) is 0 Å². The van der Waals surface area contributed by atoms with Gasteiger partial charge in [0.1, 0.15) is 0 Å². The zero-order valence-corrected chi connectivity index (χ0v) is 13.6. The maximum atomic E-state index is 11.7. The Bertz CT molecular complexity index is 275. The lowest BCUT2D eigenvalue weighted by atomic mass is 9.66. The smallest absolute Gasteiger partial charge is 0.309 e. The standard InChI is InChI=1S/C18H34O2/c1-3-5-6-7-8-9-10-13-18(17(19)20)14-11-12-16(4-2)15-18/h16H,3-15H2,1-2H3,(H,19,20). The van der Waals surface area contributed by atoms with Gasteiger partial charge in [-0.25, -0.2) is 0 Å². The van der Waals surface area contributed by atoms with Crippen LogP contribution in [0.4, 0.5) is 0 Å². The molecule has 2 unspecified atom stereocenters. The number of carboxylic acid groups (broad SMARTS) is 1. The van der Waals surface area contributed by atoms with E-state index in [9.17, 15) is 9.90 Å². The van der Waals surface area contributed by atoms with E-state index in [0.29, 0.717) is 5.92 Å². The molecule has 2 atom stereocenters. The summed E-state index contributed by atoms with van der Waals surface area (Å²) in [5.74, 6) is 0.117. The summed E-state index contributed by atoms with van der Waals surface area (Å²) >= 11 is 0. The third-order valence-corrected chi connectivity index (χ3v) is 5.24. The van der Waals surface area contributed by atoms with E-state index in [4.69, 9.17) is 0 Å². The normalized spacial score (nSPS) is 26.6. The molecule has 1 aliphatic rings. The zero-order valence-electron chi connectivity index (χ0n) is 13.6. The van der Waals surface area contributed by atoms with Crippen LogP contribution in [-0.2, 0) is 4.79 Å². The number of hydrogen-bond donors (Lipinski definition) is 1. The zero-order chi connectivity index (χ0) is 14.8. The Labute approximate surface area is 125 Å². The average Bonchev–Trinajstić information content (AvgIpc) is 2.46. The number of carbonyl (C=O) groups is 1. The number of rotatable bonds is 10. The molecular formula is C18H34O2. The van der Waals surface area contributed by atoms with Gasteiger partial charge in [-0.15, -0.1) is 0 Å². The van der Waals surface area contributed by atoms with Gasteiger partial charge in [0, 0.05) is 0 Å². The number of carboxylic acids is 1. The summed E-state index contributed by atoms with van der Waals surface area (Å²) in [6.07, 6.45) is 15.2. The van der Waals surface area contributed by atoms with E-state index < -0.39 is 5.97 Å². The predicted octanol–water partition coefficient (Wildman–Crippen LogP) is 5.80. The average molecular weight is 282 g/mol. The molecule has 0 spiro atoms. The fourth-order valence-electron chi connectivity index (χ4n) is 3.78. The number of hydrogen-bond acceptors (Lipinski definition) is 1. The second-order valence-corrected chi connectivity index (χ2v) is 6.83. The minimum atomic E-state index is -0.526. The molecule has 0 heterocycles. The van der Waals surface area contributed by atoms with E-state index in [2.05, 4.69) is 13.8 Å². The quantitative estimate of drug-likeness (QED) is 0.514. The molecule has 0 radical (unpaired) electrons. The molecule has 0 aliphatic heterocycles. The van der Waals surface area contributed by atoms with Gasteiger partial charge in [-0.3, -0.25) is 4.79 Å². The largest absolute Gasteiger partial charge is 0.481 e. The SMILES string of the molecule is CCCCCCCCCC1(C(=O)O)CCCC(CC)C1. The molecular weight excluding hydrogens is 248 g/mol. The molecule has 2 nitrogen and oxygen atoms in total. The Morgan fingerprint density at radius 3 is 2.35 bits per heavy atom. The minimum Gasteiger partial charge on any atom is -0.481 e. The maximum Gasteiger partial charge on any atom is 0.309 e. The molecule has 0 bridgehead atoms. The van der Waals surface area contributed by atoms with Crippen LogP contribution in [0, 0.1) is 11.3 Å². The van der Waals surface area contributed by atoms with Crippen LogP contribution in [0.3, 0.4) is 0 Å². The molecule has 0 aromatic heterocycles. The highest BCUT2D eigenvalue weighted by Crippen LogP contribution is 2.44. The van der Waals surface area contributed by atoms with E-state index in [-0.39, 0.29) is 5.41 Å². The molecule has 0 aromatic carbocycles. The van der Waals surface area contributed by atoms with E-state index >= 15 is 0 Å². The lowest BCUT2D eigenvalue weighted by molar-refractivity contribution is -0.153. The second-order valence-electron chi connectivity index (χ2n) is 6.83. The van der Waals surface area contributed by atoms with Crippen molar-refractivity contribution >= 4 is 5.97 Å². The third-order valence-electron chi connectivity index (χ3n) is 5.24. The summed E-state index contributed by atoms with van der Waals surface area (Å²) in [5, 5.41) is 9.67. The van der Waals surface area contributed by atoms with Crippen LogP contribution in [0.2, 0.25) is 0 Å². The van der Waals surface area contributed by atoms with Crippen LogP contribution < -0.4 is 0 Å². The molecule has 1 aliphatic carbocycles. The van der Waals surface area contributed by atoms with Crippen molar-refractivity contribution in [3.63, 3.8) is 0 Å². The monoisotopic (exact) mass is 282 g/mol. The van der Waals surface area contributed by atoms with Crippen molar-refractivity contribution < 1.29 is 9.90 Å². The van der Waals surface area contributed by atoms with Gasteiger partial charge in [0.2, 0.25) is 0 Å². The van der Waals surface area contributed by atoms with Crippen molar-refractivity contribution in [1.82, 2.24) is 0 Å². The first kappa shape index (κ1) is 17.5. The highest BCUT2D eigenvalue weighted by Gasteiger charge is 2.41. The Morgan fingerprint density at radius 1 is 1.10 bits per heavy atom. The van der Waals surface area contributed by atoms with Gasteiger partial charge in [-0.05, 0) is 25.2 Å². The summed E-state index contributed by atoms with van der Waals surface area (Å²) in [6.45, 7) is 4.44. The van der Waals surface area contributed by atoms with Gasteiger partial charge >= 0.3 is 5.97 Å². The Balaban J connectivity index is 2.30. The molecule has 0 amide bonds. The first-order valence-electron chi connectivity index (χ1n) is 8.88. The lowest BCUT2D eigenvalue weighted by Gasteiger charge is -2.37. The van der Waals surface area contributed by atoms with E-state index in [1.807, 2.05) is 0 Å².